The number of hydrogen-bond donors (Lipinski definition) is 1. The molecule has 2 fully saturated rings. The van der Waals surface area contributed by atoms with Gasteiger partial charge in [0, 0.05) is 31.1 Å². The lowest BCUT2D eigenvalue weighted by Crippen LogP contribution is -2.35. The highest BCUT2D eigenvalue weighted by atomic mass is 16.5. The van der Waals surface area contributed by atoms with Gasteiger partial charge in [0.05, 0.1) is 18.7 Å². The molecule has 140 valence electrons. The molecule has 0 saturated carbocycles. The number of nitrogens with zero attached hydrogens (tertiary/aromatic N) is 1. The zero-order valence-electron chi connectivity index (χ0n) is 15.6. The van der Waals surface area contributed by atoms with Crippen LogP contribution in [0.5, 0.6) is 0 Å². The summed E-state index contributed by atoms with van der Waals surface area (Å²) in [6.45, 7) is 4.71. The quantitative estimate of drug-likeness (QED) is 0.851. The summed E-state index contributed by atoms with van der Waals surface area (Å²) in [5.74, 6) is 0.423. The van der Waals surface area contributed by atoms with Crippen LogP contribution in [0.4, 0.5) is 0 Å². The highest BCUT2D eigenvalue weighted by Crippen LogP contribution is 2.44. The van der Waals surface area contributed by atoms with E-state index in [4.69, 9.17) is 4.74 Å². The van der Waals surface area contributed by atoms with Crippen molar-refractivity contribution in [1.29, 1.82) is 0 Å². The van der Waals surface area contributed by atoms with Crippen LogP contribution in [0.3, 0.4) is 0 Å². The minimum Gasteiger partial charge on any atom is -0.465 e. The maximum Gasteiger partial charge on any atom is 0.337 e. The summed E-state index contributed by atoms with van der Waals surface area (Å²) in [6, 6.07) is 15.2. The van der Waals surface area contributed by atoms with Gasteiger partial charge in [0.2, 0.25) is 0 Å². The normalized spacial score (nSPS) is 23.9. The largest absolute Gasteiger partial charge is 0.465 e. The third-order valence-corrected chi connectivity index (χ3v) is 5.86. The van der Waals surface area contributed by atoms with E-state index in [9.17, 15) is 9.59 Å². The number of rotatable bonds is 3. The number of hydrogen-bond acceptors (Lipinski definition) is 4. The third-order valence-electron chi connectivity index (χ3n) is 5.86. The zero-order chi connectivity index (χ0) is 19.0. The van der Waals surface area contributed by atoms with E-state index in [-0.39, 0.29) is 11.9 Å². The lowest BCUT2D eigenvalue weighted by atomic mass is 9.87. The van der Waals surface area contributed by atoms with Crippen LogP contribution in [-0.4, -0.2) is 43.5 Å². The van der Waals surface area contributed by atoms with Crippen LogP contribution in [0, 0.1) is 18.8 Å². The van der Waals surface area contributed by atoms with Crippen LogP contribution in [-0.2, 0) is 4.74 Å². The molecule has 2 aliphatic heterocycles. The van der Waals surface area contributed by atoms with Crippen LogP contribution >= 0.6 is 0 Å². The summed E-state index contributed by atoms with van der Waals surface area (Å²) in [5, 5.41) is 3.48. The molecule has 0 radical (unpaired) electrons. The molecule has 5 heteroatoms. The van der Waals surface area contributed by atoms with Crippen molar-refractivity contribution >= 4 is 11.9 Å². The number of fused-ring (bicyclic) bond motifs is 1. The maximum absolute atomic E-state index is 13.4. The average molecular weight is 364 g/mol. The minimum absolute atomic E-state index is 0.0246. The minimum atomic E-state index is -0.428. The van der Waals surface area contributed by atoms with Gasteiger partial charge in [-0.3, -0.25) is 4.79 Å². The van der Waals surface area contributed by atoms with Crippen molar-refractivity contribution < 1.29 is 14.3 Å². The van der Waals surface area contributed by atoms with Crippen LogP contribution < -0.4 is 5.32 Å². The van der Waals surface area contributed by atoms with Crippen molar-refractivity contribution in [3.8, 4) is 0 Å². The van der Waals surface area contributed by atoms with E-state index in [1.807, 2.05) is 17.0 Å². The molecule has 0 aromatic heterocycles. The van der Waals surface area contributed by atoms with E-state index in [0.717, 1.165) is 19.6 Å². The Hall–Kier alpha value is -2.66. The standard InChI is InChI=1S/C22H24N2O3/c1-14-6-3-4-9-18(14)20-19-12-23-11-17(19)13-24(20)21(25)15-7-5-8-16(10-15)22(26)27-2/h3-10,17,19-20,23H,11-13H2,1-2H3/t17-,19-,20-/m0/s1. The zero-order valence-corrected chi connectivity index (χ0v) is 15.6. The molecule has 0 bridgehead atoms. The summed E-state index contributed by atoms with van der Waals surface area (Å²) < 4.78 is 4.79. The van der Waals surface area contributed by atoms with Crippen molar-refractivity contribution in [1.82, 2.24) is 10.2 Å². The molecule has 0 unspecified atom stereocenters. The molecule has 2 aromatic rings. The lowest BCUT2D eigenvalue weighted by molar-refractivity contribution is 0.0600. The second kappa shape index (κ2) is 7.16. The van der Waals surface area contributed by atoms with E-state index >= 15 is 0 Å². The number of methoxy groups -OCH3 is 1. The molecule has 4 rings (SSSR count). The number of amides is 1. The van der Waals surface area contributed by atoms with Gasteiger partial charge in [-0.2, -0.15) is 0 Å². The van der Waals surface area contributed by atoms with E-state index in [1.165, 1.54) is 18.2 Å². The Morgan fingerprint density at radius 2 is 1.85 bits per heavy atom. The fourth-order valence-corrected chi connectivity index (χ4v) is 4.51. The van der Waals surface area contributed by atoms with Crippen molar-refractivity contribution in [2.75, 3.05) is 26.7 Å². The van der Waals surface area contributed by atoms with Crippen molar-refractivity contribution in [3.63, 3.8) is 0 Å². The average Bonchev–Trinajstić information content (AvgIpc) is 3.28. The van der Waals surface area contributed by atoms with Gasteiger partial charge in [0.1, 0.15) is 0 Å². The first-order chi connectivity index (χ1) is 13.1. The summed E-state index contributed by atoms with van der Waals surface area (Å²) >= 11 is 0. The SMILES string of the molecule is COC(=O)c1cccc(C(=O)N2C[C@@H]3CNC[C@@H]3[C@@H]2c2ccccc2C)c1. The number of carbonyl (C=O) groups is 2. The maximum atomic E-state index is 13.4. The van der Waals surface area contributed by atoms with E-state index in [1.54, 1.807) is 24.3 Å². The van der Waals surface area contributed by atoms with Crippen molar-refractivity contribution in [2.24, 2.45) is 11.8 Å². The molecule has 0 spiro atoms. The molecule has 2 aromatic carbocycles. The number of aryl methyl sites for hydroxylation is 1. The van der Waals surface area contributed by atoms with Gasteiger partial charge in [-0.1, -0.05) is 30.3 Å². The molecule has 2 heterocycles. The van der Waals surface area contributed by atoms with Gasteiger partial charge in [0.25, 0.3) is 5.91 Å². The van der Waals surface area contributed by atoms with Crippen LogP contribution in [0.15, 0.2) is 48.5 Å². The number of benzene rings is 2. The first-order valence-corrected chi connectivity index (χ1v) is 9.35. The molecular weight excluding hydrogens is 340 g/mol. The van der Waals surface area contributed by atoms with E-state index < -0.39 is 5.97 Å². The summed E-state index contributed by atoms with van der Waals surface area (Å²) in [7, 11) is 1.35. The second-order valence-corrected chi connectivity index (χ2v) is 7.41. The first-order valence-electron chi connectivity index (χ1n) is 9.35. The molecule has 2 aliphatic rings. The smallest absolute Gasteiger partial charge is 0.337 e. The van der Waals surface area contributed by atoms with Gasteiger partial charge in [-0.25, -0.2) is 4.79 Å². The Kier molecular flexibility index (Phi) is 4.70. The first kappa shape index (κ1) is 17.7. The predicted molar refractivity (Wildman–Crippen MR) is 103 cm³/mol. The van der Waals surface area contributed by atoms with Crippen LogP contribution in [0.2, 0.25) is 0 Å². The Morgan fingerprint density at radius 3 is 2.63 bits per heavy atom. The van der Waals surface area contributed by atoms with Crippen LogP contribution in [0.25, 0.3) is 0 Å². The lowest BCUT2D eigenvalue weighted by Gasteiger charge is -2.29. The molecule has 27 heavy (non-hydrogen) atoms. The Labute approximate surface area is 159 Å². The highest BCUT2D eigenvalue weighted by molar-refractivity contribution is 5.98. The van der Waals surface area contributed by atoms with E-state index in [0.29, 0.717) is 23.0 Å². The van der Waals surface area contributed by atoms with Gasteiger partial charge in [-0.15, -0.1) is 0 Å². The summed E-state index contributed by atoms with van der Waals surface area (Å²) in [6.07, 6.45) is 0. The molecule has 1 N–H and O–H groups in total. The fraction of sp³-hybridized carbons (Fsp3) is 0.364. The number of esters is 1. The second-order valence-electron chi connectivity index (χ2n) is 7.41. The summed E-state index contributed by atoms with van der Waals surface area (Å²) in [4.78, 5) is 27.2. The van der Waals surface area contributed by atoms with Gasteiger partial charge in [0.15, 0.2) is 0 Å². The van der Waals surface area contributed by atoms with Gasteiger partial charge < -0.3 is 15.0 Å². The van der Waals surface area contributed by atoms with Gasteiger partial charge >= 0.3 is 5.97 Å². The topological polar surface area (TPSA) is 58.6 Å². The third kappa shape index (κ3) is 3.12. The molecule has 2 saturated heterocycles. The Morgan fingerprint density at radius 1 is 1.07 bits per heavy atom. The molecule has 0 aliphatic carbocycles. The molecular formula is C22H24N2O3. The molecule has 5 nitrogen and oxygen atoms in total. The summed E-state index contributed by atoms with van der Waals surface area (Å²) in [5.41, 5.74) is 3.35. The number of nitrogens with one attached hydrogen (secondary N) is 1. The monoisotopic (exact) mass is 364 g/mol. The Bertz CT molecular complexity index is 879. The fourth-order valence-electron chi connectivity index (χ4n) is 4.51. The van der Waals surface area contributed by atoms with E-state index in [2.05, 4.69) is 24.4 Å². The number of ether oxygens (including phenoxy) is 1. The van der Waals surface area contributed by atoms with Crippen molar-refractivity contribution in [2.45, 2.75) is 13.0 Å². The molecule has 1 amide bonds. The highest BCUT2D eigenvalue weighted by Gasteiger charge is 2.47. The number of carbonyl (C=O) groups excluding carboxylic acids is 2. The van der Waals surface area contributed by atoms with Crippen LogP contribution in [0.1, 0.15) is 37.9 Å². The van der Waals surface area contributed by atoms with Crippen molar-refractivity contribution in [3.05, 3.63) is 70.8 Å². The molecule has 3 atom stereocenters. The predicted octanol–water partition coefficient (Wildman–Crippen LogP) is 2.81. The van der Waals surface area contributed by atoms with Gasteiger partial charge in [-0.05, 0) is 42.2 Å². The number of likely N-dealkylation sites (tertiary alicyclic amines) is 1. The Balaban J connectivity index is 1.70.